The number of carbonyl (C=O) groups excluding carboxylic acids is 1. The van der Waals surface area contributed by atoms with Crippen molar-refractivity contribution in [3.8, 4) is 0 Å². The van der Waals surface area contributed by atoms with Gasteiger partial charge in [0, 0.05) is 6.61 Å². The second-order valence-corrected chi connectivity index (χ2v) is 1.71. The average molecular weight is 145 g/mol. The van der Waals surface area contributed by atoms with E-state index in [4.69, 9.17) is 4.74 Å². The number of rotatable bonds is 5. The number of carbonyl (C=O) groups is 1. The fourth-order valence-corrected chi connectivity index (χ4v) is 0.460. The molecule has 0 aromatic rings. The van der Waals surface area contributed by atoms with Crippen LogP contribution in [-0.2, 0) is 14.3 Å². The van der Waals surface area contributed by atoms with Gasteiger partial charge < -0.3 is 9.47 Å². The molecule has 59 valence electrons. The molecular weight excluding hydrogens is 132 g/mol. The van der Waals surface area contributed by atoms with Crippen molar-refractivity contribution in [3.05, 3.63) is 6.92 Å². The highest BCUT2D eigenvalue weighted by atomic mass is 16.6. The maximum atomic E-state index is 10.6. The molecule has 0 aliphatic carbocycles. The summed E-state index contributed by atoms with van der Waals surface area (Å²) in [6.07, 6.45) is 0.680. The molecule has 0 aliphatic heterocycles. The molecule has 0 aliphatic rings. The first kappa shape index (κ1) is 9.43. The maximum absolute atomic E-state index is 10.6. The van der Waals surface area contributed by atoms with E-state index in [2.05, 4.69) is 11.7 Å². The van der Waals surface area contributed by atoms with Gasteiger partial charge in [0.2, 0.25) is 0 Å². The largest absolute Gasteiger partial charge is 0.464 e. The molecule has 0 spiro atoms. The fraction of sp³-hybridized carbons (Fsp3) is 0.714. The zero-order valence-electron chi connectivity index (χ0n) is 6.26. The quantitative estimate of drug-likeness (QED) is 0.424. The van der Waals surface area contributed by atoms with Gasteiger partial charge in [-0.25, -0.2) is 4.79 Å². The van der Waals surface area contributed by atoms with Crippen LogP contribution in [0.3, 0.4) is 0 Å². The van der Waals surface area contributed by atoms with Gasteiger partial charge in [0.25, 0.3) is 0 Å². The second-order valence-electron chi connectivity index (χ2n) is 1.71. The summed E-state index contributed by atoms with van der Waals surface area (Å²) in [6, 6.07) is 0. The van der Waals surface area contributed by atoms with Crippen molar-refractivity contribution in [1.29, 1.82) is 0 Å². The lowest BCUT2D eigenvalue weighted by Crippen LogP contribution is -2.12. The summed E-state index contributed by atoms with van der Waals surface area (Å²) < 4.78 is 9.46. The third kappa shape index (κ3) is 5.56. The highest BCUT2D eigenvalue weighted by Crippen LogP contribution is 1.82. The van der Waals surface area contributed by atoms with E-state index in [1.165, 1.54) is 0 Å². The van der Waals surface area contributed by atoms with E-state index in [0.29, 0.717) is 19.6 Å². The Morgan fingerprint density at radius 1 is 1.60 bits per heavy atom. The van der Waals surface area contributed by atoms with Crippen LogP contribution in [0, 0.1) is 6.92 Å². The Kier molecular flexibility index (Phi) is 6.18. The summed E-state index contributed by atoms with van der Waals surface area (Å²) >= 11 is 0. The van der Waals surface area contributed by atoms with Crippen LogP contribution in [0.25, 0.3) is 0 Å². The van der Waals surface area contributed by atoms with E-state index in [1.54, 1.807) is 6.92 Å². The maximum Gasteiger partial charge on any atom is 0.332 e. The van der Waals surface area contributed by atoms with Crippen molar-refractivity contribution in [1.82, 2.24) is 0 Å². The predicted octanol–water partition coefficient (Wildman–Crippen LogP) is 0.790. The van der Waals surface area contributed by atoms with E-state index >= 15 is 0 Å². The summed E-state index contributed by atoms with van der Waals surface area (Å²) in [5, 5.41) is 0. The van der Waals surface area contributed by atoms with E-state index in [-0.39, 0.29) is 12.6 Å². The Morgan fingerprint density at radius 2 is 2.30 bits per heavy atom. The molecule has 0 aromatic heterocycles. The zero-order chi connectivity index (χ0) is 7.82. The lowest BCUT2D eigenvalue weighted by molar-refractivity contribution is -0.148. The van der Waals surface area contributed by atoms with Crippen LogP contribution in [-0.4, -0.2) is 25.8 Å². The van der Waals surface area contributed by atoms with Crippen LogP contribution < -0.4 is 0 Å². The van der Waals surface area contributed by atoms with Gasteiger partial charge in [-0.15, -0.1) is 0 Å². The Hall–Kier alpha value is -0.570. The van der Waals surface area contributed by atoms with Crippen LogP contribution in [0.15, 0.2) is 0 Å². The van der Waals surface area contributed by atoms with Gasteiger partial charge in [-0.3, -0.25) is 0 Å². The Balaban J connectivity index is 3.05. The number of hydrogen-bond donors (Lipinski definition) is 0. The molecule has 3 nitrogen and oxygen atoms in total. The first-order valence-electron chi connectivity index (χ1n) is 3.33. The van der Waals surface area contributed by atoms with Crippen LogP contribution in [0.2, 0.25) is 0 Å². The number of esters is 1. The molecule has 0 atom stereocenters. The van der Waals surface area contributed by atoms with Gasteiger partial charge in [-0.1, -0.05) is 6.92 Å². The highest BCUT2D eigenvalue weighted by Gasteiger charge is 1.98. The zero-order valence-corrected chi connectivity index (χ0v) is 6.26. The van der Waals surface area contributed by atoms with E-state index in [1.807, 2.05) is 0 Å². The van der Waals surface area contributed by atoms with Crippen LogP contribution in [0.5, 0.6) is 0 Å². The fourth-order valence-electron chi connectivity index (χ4n) is 0.460. The van der Waals surface area contributed by atoms with Crippen molar-refractivity contribution in [2.45, 2.75) is 13.3 Å². The molecule has 0 unspecified atom stereocenters. The molecule has 0 saturated carbocycles. The lowest BCUT2D eigenvalue weighted by Gasteiger charge is -2.00. The molecular formula is C7H13O3. The molecule has 0 aromatic carbocycles. The second kappa shape index (κ2) is 6.55. The minimum absolute atomic E-state index is 0.0450. The molecule has 0 saturated heterocycles. The predicted molar refractivity (Wildman–Crippen MR) is 37.4 cm³/mol. The minimum atomic E-state index is -0.309. The molecule has 0 rings (SSSR count). The number of ether oxygens (including phenoxy) is 2. The molecule has 0 bridgehead atoms. The highest BCUT2D eigenvalue weighted by molar-refractivity contribution is 5.70. The van der Waals surface area contributed by atoms with Gasteiger partial charge in [-0.2, -0.15) is 0 Å². The van der Waals surface area contributed by atoms with Crippen molar-refractivity contribution >= 4 is 5.97 Å². The van der Waals surface area contributed by atoms with E-state index in [0.717, 1.165) is 0 Å². The van der Waals surface area contributed by atoms with Crippen molar-refractivity contribution in [2.75, 3.05) is 19.8 Å². The topological polar surface area (TPSA) is 35.5 Å². The smallest absolute Gasteiger partial charge is 0.332 e. The summed E-state index contributed by atoms with van der Waals surface area (Å²) in [6.45, 7) is 6.28. The standard InChI is InChI=1S/C7H13O3/c1-3-5-9-6-7(8)10-4-2/h1,3-6H2,2H3. The first-order valence-corrected chi connectivity index (χ1v) is 3.33. The molecule has 0 fully saturated rings. The Bertz CT molecular complexity index is 90.9. The van der Waals surface area contributed by atoms with Crippen molar-refractivity contribution < 1.29 is 14.3 Å². The SMILES string of the molecule is [CH2]CCOCC(=O)OCC. The summed E-state index contributed by atoms with van der Waals surface area (Å²) in [4.78, 5) is 10.6. The van der Waals surface area contributed by atoms with Crippen molar-refractivity contribution in [2.24, 2.45) is 0 Å². The monoisotopic (exact) mass is 145 g/mol. The molecule has 1 radical (unpaired) electrons. The molecule has 0 N–H and O–H groups in total. The van der Waals surface area contributed by atoms with Crippen LogP contribution in [0.4, 0.5) is 0 Å². The van der Waals surface area contributed by atoms with Gasteiger partial charge >= 0.3 is 5.97 Å². The van der Waals surface area contributed by atoms with E-state index < -0.39 is 0 Å². The molecule has 0 heterocycles. The first-order chi connectivity index (χ1) is 4.81. The normalized spacial score (nSPS) is 9.40. The summed E-state index contributed by atoms with van der Waals surface area (Å²) in [7, 11) is 0. The van der Waals surface area contributed by atoms with Crippen molar-refractivity contribution in [3.63, 3.8) is 0 Å². The average Bonchev–Trinajstić information content (AvgIpc) is 1.89. The van der Waals surface area contributed by atoms with Gasteiger partial charge in [0.05, 0.1) is 6.61 Å². The Morgan fingerprint density at radius 3 is 2.80 bits per heavy atom. The lowest BCUT2D eigenvalue weighted by atomic mass is 10.5. The molecule has 3 heteroatoms. The number of hydrogen-bond acceptors (Lipinski definition) is 3. The third-order valence-corrected chi connectivity index (χ3v) is 0.814. The van der Waals surface area contributed by atoms with Crippen LogP contribution in [0.1, 0.15) is 13.3 Å². The Labute approximate surface area is 61.3 Å². The van der Waals surface area contributed by atoms with E-state index in [9.17, 15) is 4.79 Å². The summed E-state index contributed by atoms with van der Waals surface area (Å²) in [5.41, 5.74) is 0. The van der Waals surface area contributed by atoms with Crippen LogP contribution >= 0.6 is 0 Å². The van der Waals surface area contributed by atoms with Gasteiger partial charge in [0.1, 0.15) is 6.61 Å². The molecule has 0 amide bonds. The molecule has 10 heavy (non-hydrogen) atoms. The minimum Gasteiger partial charge on any atom is -0.464 e. The van der Waals surface area contributed by atoms with Gasteiger partial charge in [-0.05, 0) is 13.3 Å². The van der Waals surface area contributed by atoms with Gasteiger partial charge in [0.15, 0.2) is 0 Å². The third-order valence-electron chi connectivity index (χ3n) is 0.814. The summed E-state index contributed by atoms with van der Waals surface area (Å²) in [5.74, 6) is -0.309.